The van der Waals surface area contributed by atoms with Crippen LogP contribution in [-0.4, -0.2) is 24.0 Å². The Morgan fingerprint density at radius 3 is 2.78 bits per heavy atom. The van der Waals surface area contributed by atoms with Gasteiger partial charge in [0.25, 0.3) is 0 Å². The summed E-state index contributed by atoms with van der Waals surface area (Å²) in [5.74, 6) is 1.56. The van der Waals surface area contributed by atoms with Crippen molar-refractivity contribution in [2.24, 2.45) is 5.92 Å². The van der Waals surface area contributed by atoms with E-state index in [2.05, 4.69) is 31.3 Å². The second kappa shape index (κ2) is 8.81. The first-order valence-corrected chi connectivity index (χ1v) is 7.72. The Labute approximate surface area is 119 Å². The zero-order valence-corrected chi connectivity index (χ0v) is 12.7. The molecule has 0 saturated carbocycles. The van der Waals surface area contributed by atoms with Crippen molar-refractivity contribution in [3.63, 3.8) is 0 Å². The van der Waals surface area contributed by atoms with E-state index in [9.17, 15) is 0 Å². The lowest BCUT2D eigenvalue weighted by Crippen LogP contribution is -2.18. The third-order valence-corrected chi connectivity index (χ3v) is 4.02. The predicted molar refractivity (Wildman–Crippen MR) is 80.4 cm³/mol. The minimum Gasteiger partial charge on any atom is -0.396 e. The Hall–Kier alpha value is -0.220. The summed E-state index contributed by atoms with van der Waals surface area (Å²) in [5, 5.41) is 13.0. The lowest BCUT2D eigenvalue weighted by atomic mass is 10.2. The predicted octanol–water partition coefficient (Wildman–Crippen LogP) is 3.56. The average molecular weight is 288 g/mol. The van der Waals surface area contributed by atoms with Crippen molar-refractivity contribution < 1.29 is 5.11 Å². The number of aliphatic hydroxyl groups is 1. The molecule has 2 nitrogen and oxygen atoms in total. The van der Waals surface area contributed by atoms with E-state index in [0.717, 1.165) is 35.2 Å². The van der Waals surface area contributed by atoms with Crippen LogP contribution >= 0.6 is 23.4 Å². The second-order valence-electron chi connectivity index (χ2n) is 4.72. The Bertz CT molecular complexity index is 358. The van der Waals surface area contributed by atoms with Crippen LogP contribution < -0.4 is 5.32 Å². The van der Waals surface area contributed by atoms with Gasteiger partial charge in [0.1, 0.15) is 0 Å². The summed E-state index contributed by atoms with van der Waals surface area (Å²) in [6.07, 6.45) is 0.804. The molecule has 0 bridgehead atoms. The summed E-state index contributed by atoms with van der Waals surface area (Å²) in [7, 11) is 0. The highest BCUT2D eigenvalue weighted by Gasteiger charge is 2.03. The van der Waals surface area contributed by atoms with Crippen LogP contribution in [0.3, 0.4) is 0 Å². The number of rotatable bonds is 8. The number of benzene rings is 1. The van der Waals surface area contributed by atoms with Crippen LogP contribution in [0.5, 0.6) is 0 Å². The van der Waals surface area contributed by atoms with E-state index >= 15 is 0 Å². The van der Waals surface area contributed by atoms with Crippen molar-refractivity contribution in [1.29, 1.82) is 0 Å². The number of hydrogen-bond donors (Lipinski definition) is 2. The maximum Gasteiger partial charge on any atom is 0.0545 e. The molecule has 0 atom stereocenters. The molecule has 0 fully saturated rings. The fourth-order valence-electron chi connectivity index (χ4n) is 1.52. The van der Waals surface area contributed by atoms with Crippen LogP contribution in [-0.2, 0) is 6.54 Å². The van der Waals surface area contributed by atoms with Crippen molar-refractivity contribution in [2.45, 2.75) is 31.7 Å². The fourth-order valence-corrected chi connectivity index (χ4v) is 2.74. The molecule has 0 aliphatic carbocycles. The molecular weight excluding hydrogens is 266 g/mol. The van der Waals surface area contributed by atoms with Gasteiger partial charge in [-0.3, -0.25) is 0 Å². The minimum absolute atomic E-state index is 0.238. The summed E-state index contributed by atoms with van der Waals surface area (Å²) < 4.78 is 0. The number of hydrogen-bond acceptors (Lipinski definition) is 3. The third-order valence-electron chi connectivity index (χ3n) is 2.44. The number of aliphatic hydroxyl groups excluding tert-OH is 1. The standard InChI is InChI=1S/C14H22ClNOS/c1-11(2)9-16-10-12-4-5-14(13(15)8-12)18-7-3-6-17/h4-5,8,11,16-17H,3,6-7,9-10H2,1-2H3. The highest BCUT2D eigenvalue weighted by Crippen LogP contribution is 2.28. The van der Waals surface area contributed by atoms with Gasteiger partial charge in [0.2, 0.25) is 0 Å². The molecular formula is C14H22ClNOS. The van der Waals surface area contributed by atoms with Crippen molar-refractivity contribution in [3.05, 3.63) is 28.8 Å². The van der Waals surface area contributed by atoms with Crippen molar-refractivity contribution in [1.82, 2.24) is 5.32 Å². The van der Waals surface area contributed by atoms with Gasteiger partial charge < -0.3 is 10.4 Å². The normalized spacial score (nSPS) is 11.2. The van der Waals surface area contributed by atoms with E-state index in [1.165, 1.54) is 5.56 Å². The number of nitrogens with one attached hydrogen (secondary N) is 1. The van der Waals surface area contributed by atoms with E-state index < -0.39 is 0 Å². The average Bonchev–Trinajstić information content (AvgIpc) is 2.31. The summed E-state index contributed by atoms with van der Waals surface area (Å²) in [5.41, 5.74) is 1.21. The van der Waals surface area contributed by atoms with Crippen molar-refractivity contribution in [2.75, 3.05) is 18.9 Å². The van der Waals surface area contributed by atoms with Crippen molar-refractivity contribution in [3.8, 4) is 0 Å². The van der Waals surface area contributed by atoms with E-state index in [-0.39, 0.29) is 6.61 Å². The SMILES string of the molecule is CC(C)CNCc1ccc(SCCCO)c(Cl)c1. The van der Waals surface area contributed by atoms with Gasteiger partial charge in [0.05, 0.1) is 5.02 Å². The Morgan fingerprint density at radius 1 is 1.39 bits per heavy atom. The summed E-state index contributed by atoms with van der Waals surface area (Å²) in [6, 6.07) is 6.20. The van der Waals surface area contributed by atoms with Gasteiger partial charge in [-0.2, -0.15) is 0 Å². The molecule has 0 aliphatic heterocycles. The zero-order valence-electron chi connectivity index (χ0n) is 11.1. The molecule has 0 amide bonds. The monoisotopic (exact) mass is 287 g/mol. The first kappa shape index (κ1) is 15.8. The molecule has 0 aromatic heterocycles. The number of thioether (sulfide) groups is 1. The van der Waals surface area contributed by atoms with Crippen LogP contribution in [0.1, 0.15) is 25.8 Å². The van der Waals surface area contributed by atoms with Crippen LogP contribution in [0.2, 0.25) is 5.02 Å². The topological polar surface area (TPSA) is 32.3 Å². The molecule has 102 valence electrons. The Balaban J connectivity index is 2.45. The van der Waals surface area contributed by atoms with Gasteiger partial charge in [0, 0.05) is 23.8 Å². The quantitative estimate of drug-likeness (QED) is 0.566. The number of halogens is 1. The van der Waals surface area contributed by atoms with Gasteiger partial charge >= 0.3 is 0 Å². The molecule has 4 heteroatoms. The molecule has 2 N–H and O–H groups in total. The fraction of sp³-hybridized carbons (Fsp3) is 0.571. The maximum absolute atomic E-state index is 8.74. The summed E-state index contributed by atoms with van der Waals surface area (Å²) >= 11 is 7.94. The highest BCUT2D eigenvalue weighted by molar-refractivity contribution is 7.99. The van der Waals surface area contributed by atoms with Gasteiger partial charge in [0.15, 0.2) is 0 Å². The minimum atomic E-state index is 0.238. The van der Waals surface area contributed by atoms with Gasteiger partial charge in [-0.15, -0.1) is 11.8 Å². The molecule has 1 aromatic rings. The lowest BCUT2D eigenvalue weighted by molar-refractivity contribution is 0.296. The second-order valence-corrected chi connectivity index (χ2v) is 6.26. The van der Waals surface area contributed by atoms with E-state index in [4.69, 9.17) is 16.7 Å². The molecule has 1 aromatic carbocycles. The first-order valence-electron chi connectivity index (χ1n) is 6.36. The molecule has 0 unspecified atom stereocenters. The maximum atomic E-state index is 8.74. The summed E-state index contributed by atoms with van der Waals surface area (Å²) in [4.78, 5) is 1.10. The smallest absolute Gasteiger partial charge is 0.0545 e. The van der Waals surface area contributed by atoms with E-state index in [1.54, 1.807) is 11.8 Å². The molecule has 0 spiro atoms. The van der Waals surface area contributed by atoms with Gasteiger partial charge in [-0.25, -0.2) is 0 Å². The van der Waals surface area contributed by atoms with Crippen LogP contribution in [0.15, 0.2) is 23.1 Å². The first-order chi connectivity index (χ1) is 8.63. The van der Waals surface area contributed by atoms with E-state index in [1.807, 2.05) is 6.07 Å². The van der Waals surface area contributed by atoms with E-state index in [0.29, 0.717) is 5.92 Å². The molecule has 0 aliphatic rings. The zero-order chi connectivity index (χ0) is 13.4. The summed E-state index contributed by atoms with van der Waals surface area (Å²) in [6.45, 7) is 6.51. The molecule has 0 saturated heterocycles. The van der Waals surface area contributed by atoms with Crippen LogP contribution in [0.4, 0.5) is 0 Å². The Kier molecular flexibility index (Phi) is 7.75. The van der Waals surface area contributed by atoms with Gasteiger partial charge in [-0.1, -0.05) is 31.5 Å². The Morgan fingerprint density at radius 2 is 2.17 bits per heavy atom. The molecule has 0 heterocycles. The largest absolute Gasteiger partial charge is 0.396 e. The van der Waals surface area contributed by atoms with Gasteiger partial charge in [-0.05, 0) is 36.6 Å². The van der Waals surface area contributed by atoms with Crippen LogP contribution in [0, 0.1) is 5.92 Å². The lowest BCUT2D eigenvalue weighted by Gasteiger charge is -2.09. The van der Waals surface area contributed by atoms with Crippen molar-refractivity contribution >= 4 is 23.4 Å². The molecule has 18 heavy (non-hydrogen) atoms. The third kappa shape index (κ3) is 6.10. The molecule has 0 radical (unpaired) electrons. The van der Waals surface area contributed by atoms with Crippen LogP contribution in [0.25, 0.3) is 0 Å². The highest BCUT2D eigenvalue weighted by atomic mass is 35.5. The molecule has 1 rings (SSSR count).